The number of hydrazine groups is 1. The first-order valence-electron chi connectivity index (χ1n) is 5.17. The van der Waals surface area contributed by atoms with Gasteiger partial charge in [-0.3, -0.25) is 4.98 Å². The molecule has 0 spiro atoms. The molecule has 0 amide bonds. The standard InChI is InChI=1S/C11H9N5S2/c12-16-9-5-13-6-10(15-9)18-11-14-7-3-1-2-4-8(7)17-11/h1-6H,12H2,(H,15,16). The maximum atomic E-state index is 5.30. The molecule has 0 unspecified atom stereocenters. The molecule has 7 heteroatoms. The molecule has 18 heavy (non-hydrogen) atoms. The van der Waals surface area contributed by atoms with Crippen LogP contribution in [0.2, 0.25) is 0 Å². The van der Waals surface area contributed by atoms with Crippen molar-refractivity contribution in [3.63, 3.8) is 0 Å². The Balaban J connectivity index is 1.91. The van der Waals surface area contributed by atoms with Crippen molar-refractivity contribution in [3.8, 4) is 0 Å². The molecule has 2 heterocycles. The lowest BCUT2D eigenvalue weighted by Crippen LogP contribution is -2.08. The van der Waals surface area contributed by atoms with Crippen LogP contribution in [0.4, 0.5) is 5.82 Å². The number of benzene rings is 1. The lowest BCUT2D eigenvalue weighted by atomic mass is 10.3. The van der Waals surface area contributed by atoms with Crippen molar-refractivity contribution in [1.29, 1.82) is 0 Å². The lowest BCUT2D eigenvalue weighted by molar-refractivity contribution is 1.04. The van der Waals surface area contributed by atoms with E-state index in [0.717, 1.165) is 14.9 Å². The number of nitrogen functional groups attached to an aromatic ring is 1. The van der Waals surface area contributed by atoms with E-state index in [4.69, 9.17) is 5.84 Å². The minimum Gasteiger partial charge on any atom is -0.307 e. The van der Waals surface area contributed by atoms with E-state index >= 15 is 0 Å². The number of anilines is 1. The summed E-state index contributed by atoms with van der Waals surface area (Å²) in [7, 11) is 0. The third kappa shape index (κ3) is 2.28. The molecule has 3 N–H and O–H groups in total. The van der Waals surface area contributed by atoms with E-state index in [1.165, 1.54) is 16.5 Å². The summed E-state index contributed by atoms with van der Waals surface area (Å²) in [5, 5.41) is 0.768. The zero-order chi connectivity index (χ0) is 12.4. The maximum absolute atomic E-state index is 5.30. The van der Waals surface area contributed by atoms with Crippen LogP contribution in [0.3, 0.4) is 0 Å². The highest BCUT2D eigenvalue weighted by Crippen LogP contribution is 2.33. The van der Waals surface area contributed by atoms with E-state index < -0.39 is 0 Å². The minimum atomic E-state index is 0.543. The molecule has 0 fully saturated rings. The Morgan fingerprint density at radius 2 is 2.06 bits per heavy atom. The van der Waals surface area contributed by atoms with Crippen molar-refractivity contribution in [2.45, 2.75) is 9.37 Å². The SMILES string of the molecule is NNc1cncc(Sc2nc3ccccc3s2)n1. The number of aromatic nitrogens is 3. The number of hydrogen-bond donors (Lipinski definition) is 2. The van der Waals surface area contributed by atoms with E-state index in [0.29, 0.717) is 5.82 Å². The minimum absolute atomic E-state index is 0.543. The molecule has 3 aromatic rings. The van der Waals surface area contributed by atoms with Gasteiger partial charge in [0.05, 0.1) is 22.6 Å². The van der Waals surface area contributed by atoms with Crippen LogP contribution in [0.5, 0.6) is 0 Å². The second-order valence-corrected chi connectivity index (χ2v) is 5.73. The zero-order valence-electron chi connectivity index (χ0n) is 9.20. The average Bonchev–Trinajstić information content (AvgIpc) is 2.81. The number of nitrogens with zero attached hydrogens (tertiary/aromatic N) is 3. The maximum Gasteiger partial charge on any atom is 0.159 e. The lowest BCUT2D eigenvalue weighted by Gasteiger charge is -1.99. The molecule has 0 saturated heterocycles. The second kappa shape index (κ2) is 4.89. The Morgan fingerprint density at radius 3 is 2.89 bits per heavy atom. The van der Waals surface area contributed by atoms with Crippen molar-refractivity contribution in [3.05, 3.63) is 36.7 Å². The van der Waals surface area contributed by atoms with Gasteiger partial charge in [-0.15, -0.1) is 11.3 Å². The molecule has 0 radical (unpaired) electrons. The molecular formula is C11H9N5S2. The molecule has 90 valence electrons. The Bertz CT molecular complexity index is 649. The van der Waals surface area contributed by atoms with Gasteiger partial charge in [0.15, 0.2) is 10.2 Å². The molecule has 1 aromatic carbocycles. The third-order valence-electron chi connectivity index (χ3n) is 2.23. The Morgan fingerprint density at radius 1 is 1.17 bits per heavy atom. The van der Waals surface area contributed by atoms with Crippen LogP contribution in [0, 0.1) is 0 Å². The van der Waals surface area contributed by atoms with Gasteiger partial charge in [-0.1, -0.05) is 12.1 Å². The largest absolute Gasteiger partial charge is 0.307 e. The number of fused-ring (bicyclic) bond motifs is 1. The van der Waals surface area contributed by atoms with Crippen molar-refractivity contribution >= 4 is 39.1 Å². The number of hydrogen-bond acceptors (Lipinski definition) is 7. The Labute approximate surface area is 111 Å². The van der Waals surface area contributed by atoms with Gasteiger partial charge >= 0.3 is 0 Å². The summed E-state index contributed by atoms with van der Waals surface area (Å²) in [6.45, 7) is 0. The average molecular weight is 275 g/mol. The van der Waals surface area contributed by atoms with E-state index in [1.807, 2.05) is 18.2 Å². The normalized spacial score (nSPS) is 10.7. The predicted octanol–water partition coefficient (Wildman–Crippen LogP) is 2.52. The fourth-order valence-electron chi connectivity index (χ4n) is 1.45. The first kappa shape index (κ1) is 11.4. The van der Waals surface area contributed by atoms with Crippen molar-refractivity contribution < 1.29 is 0 Å². The Kier molecular flexibility index (Phi) is 3.09. The summed E-state index contributed by atoms with van der Waals surface area (Å²) >= 11 is 3.12. The van der Waals surface area contributed by atoms with Crippen LogP contribution in [-0.2, 0) is 0 Å². The third-order valence-corrected chi connectivity index (χ3v) is 4.23. The number of para-hydroxylation sites is 1. The van der Waals surface area contributed by atoms with Crippen LogP contribution >= 0.6 is 23.1 Å². The van der Waals surface area contributed by atoms with E-state index in [2.05, 4.69) is 26.4 Å². The summed E-state index contributed by atoms with van der Waals surface area (Å²) in [4.78, 5) is 12.9. The molecule has 3 rings (SSSR count). The number of nitrogens with two attached hydrogens (primary N) is 1. The first-order chi connectivity index (χ1) is 8.85. The molecule has 0 aliphatic rings. The highest BCUT2D eigenvalue weighted by Gasteiger charge is 2.06. The summed E-state index contributed by atoms with van der Waals surface area (Å²) < 4.78 is 2.11. The van der Waals surface area contributed by atoms with E-state index in [-0.39, 0.29) is 0 Å². The summed E-state index contributed by atoms with van der Waals surface area (Å²) in [6.07, 6.45) is 3.26. The smallest absolute Gasteiger partial charge is 0.159 e. The molecule has 0 bridgehead atoms. The fourth-order valence-corrected chi connectivity index (χ4v) is 3.42. The second-order valence-electron chi connectivity index (χ2n) is 3.44. The number of nitrogens with one attached hydrogen (secondary N) is 1. The van der Waals surface area contributed by atoms with Gasteiger partial charge < -0.3 is 5.43 Å². The van der Waals surface area contributed by atoms with Gasteiger partial charge in [0.1, 0.15) is 5.03 Å². The molecule has 0 aliphatic carbocycles. The van der Waals surface area contributed by atoms with Crippen LogP contribution in [-0.4, -0.2) is 15.0 Å². The highest BCUT2D eigenvalue weighted by molar-refractivity contribution is 8.01. The van der Waals surface area contributed by atoms with Crippen LogP contribution in [0.1, 0.15) is 0 Å². The van der Waals surface area contributed by atoms with Gasteiger partial charge in [-0.05, 0) is 23.9 Å². The molecule has 0 aliphatic heterocycles. The van der Waals surface area contributed by atoms with Crippen molar-refractivity contribution in [1.82, 2.24) is 15.0 Å². The van der Waals surface area contributed by atoms with E-state index in [1.54, 1.807) is 23.7 Å². The predicted molar refractivity (Wildman–Crippen MR) is 73.6 cm³/mol. The van der Waals surface area contributed by atoms with Gasteiger partial charge in [0, 0.05) is 0 Å². The van der Waals surface area contributed by atoms with Crippen LogP contribution in [0.25, 0.3) is 10.2 Å². The topological polar surface area (TPSA) is 76.7 Å². The highest BCUT2D eigenvalue weighted by atomic mass is 32.2. The molecule has 0 atom stereocenters. The van der Waals surface area contributed by atoms with Crippen molar-refractivity contribution in [2.75, 3.05) is 5.43 Å². The summed E-state index contributed by atoms with van der Waals surface area (Å²) in [5.41, 5.74) is 3.48. The summed E-state index contributed by atoms with van der Waals surface area (Å²) in [5.74, 6) is 5.84. The molecule has 2 aromatic heterocycles. The van der Waals surface area contributed by atoms with Crippen LogP contribution in [0.15, 0.2) is 46.0 Å². The fraction of sp³-hybridized carbons (Fsp3) is 0. The quantitative estimate of drug-likeness (QED) is 0.565. The van der Waals surface area contributed by atoms with Crippen LogP contribution < -0.4 is 11.3 Å². The molecule has 0 saturated carbocycles. The molecular weight excluding hydrogens is 266 g/mol. The number of thiazole rings is 1. The van der Waals surface area contributed by atoms with E-state index in [9.17, 15) is 0 Å². The van der Waals surface area contributed by atoms with Gasteiger partial charge in [-0.2, -0.15) is 0 Å². The molecule has 5 nitrogen and oxygen atoms in total. The van der Waals surface area contributed by atoms with Gasteiger partial charge in [0.25, 0.3) is 0 Å². The number of rotatable bonds is 3. The monoisotopic (exact) mass is 275 g/mol. The van der Waals surface area contributed by atoms with Gasteiger partial charge in [-0.25, -0.2) is 15.8 Å². The first-order valence-corrected chi connectivity index (χ1v) is 6.80. The van der Waals surface area contributed by atoms with Gasteiger partial charge in [0.2, 0.25) is 0 Å². The summed E-state index contributed by atoms with van der Waals surface area (Å²) in [6, 6.07) is 8.04. The Hall–Kier alpha value is -1.70. The van der Waals surface area contributed by atoms with Crippen molar-refractivity contribution in [2.24, 2.45) is 5.84 Å². The zero-order valence-corrected chi connectivity index (χ0v) is 10.8.